The molecule has 2 amide bonds. The van der Waals surface area contributed by atoms with E-state index in [-0.39, 0.29) is 18.4 Å². The third kappa shape index (κ3) is 7.96. The normalized spacial score (nSPS) is 12.7. The second-order valence-corrected chi connectivity index (χ2v) is 9.05. The Morgan fingerprint density at radius 2 is 1.66 bits per heavy atom. The molecule has 0 heterocycles. The zero-order valence-corrected chi connectivity index (χ0v) is 21.0. The zero-order chi connectivity index (χ0) is 25.8. The molecule has 0 aliphatic carbocycles. The third-order valence-corrected chi connectivity index (χ3v) is 6.04. The standard InChI is InChI=1S/C28H35N3O4/c1-5-7-13-24(31-25(32)22-16-14-21(19-29)15-17-22)28(3,4)27(34)30-23(26(33)35-6-2)18-20-11-9-8-10-12-20/h8-12,14-17,23-24H,5-7,13,18H2,1-4H3,(H,30,34)(H,31,32)/t23-,24?/m0/s1. The monoisotopic (exact) mass is 477 g/mol. The molecule has 7 nitrogen and oxygen atoms in total. The fourth-order valence-electron chi connectivity index (χ4n) is 3.75. The molecule has 0 saturated heterocycles. The number of esters is 1. The van der Waals surface area contributed by atoms with E-state index in [2.05, 4.69) is 10.6 Å². The predicted molar refractivity (Wildman–Crippen MR) is 134 cm³/mol. The van der Waals surface area contributed by atoms with Crippen LogP contribution < -0.4 is 10.6 Å². The molecule has 2 atom stereocenters. The van der Waals surface area contributed by atoms with E-state index in [1.165, 1.54) is 0 Å². The highest BCUT2D eigenvalue weighted by molar-refractivity contribution is 5.95. The summed E-state index contributed by atoms with van der Waals surface area (Å²) in [6.45, 7) is 7.52. The van der Waals surface area contributed by atoms with E-state index >= 15 is 0 Å². The van der Waals surface area contributed by atoms with Gasteiger partial charge in [-0.25, -0.2) is 4.79 Å². The molecule has 0 aromatic heterocycles. The van der Waals surface area contributed by atoms with Crippen LogP contribution in [-0.4, -0.2) is 36.5 Å². The largest absolute Gasteiger partial charge is 0.464 e. The molecule has 7 heteroatoms. The summed E-state index contributed by atoms with van der Waals surface area (Å²) in [5, 5.41) is 14.9. The lowest BCUT2D eigenvalue weighted by Gasteiger charge is -2.35. The number of nitrogens with one attached hydrogen (secondary N) is 2. The van der Waals surface area contributed by atoms with Crippen molar-refractivity contribution in [2.24, 2.45) is 5.41 Å². The fraction of sp³-hybridized carbons (Fsp3) is 0.429. The molecular weight excluding hydrogens is 442 g/mol. The van der Waals surface area contributed by atoms with Gasteiger partial charge in [-0.15, -0.1) is 0 Å². The quantitative estimate of drug-likeness (QED) is 0.446. The van der Waals surface area contributed by atoms with Crippen LogP contribution in [-0.2, 0) is 20.7 Å². The second-order valence-electron chi connectivity index (χ2n) is 9.05. The van der Waals surface area contributed by atoms with E-state index in [0.717, 1.165) is 18.4 Å². The van der Waals surface area contributed by atoms with Crippen LogP contribution in [0.15, 0.2) is 54.6 Å². The lowest BCUT2D eigenvalue weighted by atomic mass is 9.80. The summed E-state index contributed by atoms with van der Waals surface area (Å²) >= 11 is 0. The van der Waals surface area contributed by atoms with Gasteiger partial charge in [0.15, 0.2) is 0 Å². The summed E-state index contributed by atoms with van der Waals surface area (Å²) in [6, 6.07) is 16.5. The van der Waals surface area contributed by atoms with Crippen LogP contribution in [0.1, 0.15) is 68.4 Å². The van der Waals surface area contributed by atoms with Crippen molar-refractivity contribution in [3.8, 4) is 6.07 Å². The third-order valence-electron chi connectivity index (χ3n) is 6.04. The molecule has 186 valence electrons. The van der Waals surface area contributed by atoms with Gasteiger partial charge in [0.05, 0.1) is 23.7 Å². The van der Waals surface area contributed by atoms with Crippen molar-refractivity contribution in [1.82, 2.24) is 10.6 Å². The lowest BCUT2D eigenvalue weighted by Crippen LogP contribution is -2.56. The Morgan fingerprint density at radius 3 is 2.23 bits per heavy atom. The predicted octanol–water partition coefficient (Wildman–Crippen LogP) is 4.16. The van der Waals surface area contributed by atoms with E-state index in [0.29, 0.717) is 24.0 Å². The number of nitriles is 1. The van der Waals surface area contributed by atoms with Crippen molar-refractivity contribution in [2.45, 2.75) is 65.5 Å². The maximum Gasteiger partial charge on any atom is 0.328 e. The average molecular weight is 478 g/mol. The van der Waals surface area contributed by atoms with Crippen LogP contribution in [0, 0.1) is 16.7 Å². The molecular formula is C28H35N3O4. The minimum absolute atomic E-state index is 0.211. The summed E-state index contributed by atoms with van der Waals surface area (Å²) in [7, 11) is 0. The number of carbonyl (C=O) groups excluding carboxylic acids is 3. The Hall–Kier alpha value is -3.66. The van der Waals surface area contributed by atoms with Gasteiger partial charge in [-0.1, -0.05) is 50.1 Å². The zero-order valence-electron chi connectivity index (χ0n) is 21.0. The van der Waals surface area contributed by atoms with E-state index in [4.69, 9.17) is 10.00 Å². The van der Waals surface area contributed by atoms with Gasteiger partial charge in [0, 0.05) is 18.0 Å². The second kappa shape index (κ2) is 13.3. The van der Waals surface area contributed by atoms with Gasteiger partial charge >= 0.3 is 5.97 Å². The van der Waals surface area contributed by atoms with Crippen LogP contribution in [0.4, 0.5) is 0 Å². The van der Waals surface area contributed by atoms with Gasteiger partial charge < -0.3 is 15.4 Å². The number of rotatable bonds is 12. The van der Waals surface area contributed by atoms with Crippen LogP contribution >= 0.6 is 0 Å². The first-order valence-electron chi connectivity index (χ1n) is 12.0. The molecule has 0 aliphatic heterocycles. The first kappa shape index (κ1) is 27.6. The molecule has 0 fully saturated rings. The highest BCUT2D eigenvalue weighted by Crippen LogP contribution is 2.26. The molecule has 2 aromatic carbocycles. The fourth-order valence-corrected chi connectivity index (χ4v) is 3.75. The maximum atomic E-state index is 13.5. The molecule has 1 unspecified atom stereocenters. The van der Waals surface area contributed by atoms with Gasteiger partial charge in [0.25, 0.3) is 5.91 Å². The Labute approximate surface area is 207 Å². The average Bonchev–Trinajstić information content (AvgIpc) is 2.86. The van der Waals surface area contributed by atoms with Crippen LogP contribution in [0.3, 0.4) is 0 Å². The Balaban J connectivity index is 2.22. The van der Waals surface area contributed by atoms with E-state index in [1.807, 2.05) is 43.3 Å². The van der Waals surface area contributed by atoms with Gasteiger partial charge in [-0.3, -0.25) is 9.59 Å². The minimum Gasteiger partial charge on any atom is -0.464 e. The SMILES string of the molecule is CCCCC(NC(=O)c1ccc(C#N)cc1)C(C)(C)C(=O)N[C@@H](Cc1ccccc1)C(=O)OCC. The van der Waals surface area contributed by atoms with Gasteiger partial charge in [0.1, 0.15) is 6.04 Å². The van der Waals surface area contributed by atoms with E-state index < -0.39 is 23.5 Å². The molecule has 35 heavy (non-hydrogen) atoms. The van der Waals surface area contributed by atoms with Crippen molar-refractivity contribution in [1.29, 1.82) is 5.26 Å². The highest BCUT2D eigenvalue weighted by Gasteiger charge is 2.39. The Kier molecular flexibility index (Phi) is 10.5. The number of amides is 2. The van der Waals surface area contributed by atoms with Gasteiger partial charge in [-0.2, -0.15) is 5.26 Å². The Bertz CT molecular complexity index is 1030. The van der Waals surface area contributed by atoms with E-state index in [1.54, 1.807) is 45.0 Å². The number of unbranched alkanes of at least 4 members (excludes halogenated alkanes) is 1. The molecule has 0 aliphatic rings. The number of carbonyl (C=O) groups is 3. The van der Waals surface area contributed by atoms with Crippen LogP contribution in [0.5, 0.6) is 0 Å². The summed E-state index contributed by atoms with van der Waals surface area (Å²) in [6.07, 6.45) is 2.63. The number of benzene rings is 2. The molecule has 2 N–H and O–H groups in total. The van der Waals surface area contributed by atoms with Crippen molar-refractivity contribution in [2.75, 3.05) is 6.61 Å². The molecule has 2 rings (SSSR count). The van der Waals surface area contributed by atoms with Crippen LogP contribution in [0.2, 0.25) is 0 Å². The van der Waals surface area contributed by atoms with E-state index in [9.17, 15) is 14.4 Å². The molecule has 2 aromatic rings. The maximum absolute atomic E-state index is 13.5. The van der Waals surface area contributed by atoms with Gasteiger partial charge in [-0.05, 0) is 57.0 Å². The van der Waals surface area contributed by atoms with Gasteiger partial charge in [0.2, 0.25) is 5.91 Å². The van der Waals surface area contributed by atoms with Crippen molar-refractivity contribution in [3.63, 3.8) is 0 Å². The van der Waals surface area contributed by atoms with Crippen LogP contribution in [0.25, 0.3) is 0 Å². The summed E-state index contributed by atoms with van der Waals surface area (Å²) in [5.41, 5.74) is 0.779. The minimum atomic E-state index is -1.00. The highest BCUT2D eigenvalue weighted by atomic mass is 16.5. The lowest BCUT2D eigenvalue weighted by molar-refractivity contribution is -0.148. The number of hydrogen-bond donors (Lipinski definition) is 2. The molecule has 0 radical (unpaired) electrons. The first-order chi connectivity index (χ1) is 16.7. The smallest absolute Gasteiger partial charge is 0.328 e. The number of hydrogen-bond acceptors (Lipinski definition) is 5. The molecule has 0 spiro atoms. The number of ether oxygens (including phenoxy) is 1. The molecule has 0 bridgehead atoms. The summed E-state index contributed by atoms with van der Waals surface area (Å²) in [5.74, 6) is -1.15. The van der Waals surface area contributed by atoms with Crippen molar-refractivity contribution >= 4 is 17.8 Å². The van der Waals surface area contributed by atoms with Crippen molar-refractivity contribution in [3.05, 3.63) is 71.3 Å². The topological polar surface area (TPSA) is 108 Å². The van der Waals surface area contributed by atoms with Crippen molar-refractivity contribution < 1.29 is 19.1 Å². The molecule has 0 saturated carbocycles. The first-order valence-corrected chi connectivity index (χ1v) is 12.0. The Morgan fingerprint density at radius 1 is 1.00 bits per heavy atom. The number of nitrogens with zero attached hydrogens (tertiary/aromatic N) is 1. The summed E-state index contributed by atoms with van der Waals surface area (Å²) in [4.78, 5) is 39.1. The summed E-state index contributed by atoms with van der Waals surface area (Å²) < 4.78 is 5.21.